The number of thioether (sulfide) groups is 1. The predicted octanol–water partition coefficient (Wildman–Crippen LogP) is 2.83. The molecule has 1 unspecified atom stereocenters. The number of carbonyl (C=O) groups excluding carboxylic acids is 1. The molecule has 0 aliphatic carbocycles. The van der Waals surface area contributed by atoms with Crippen LogP contribution >= 0.6 is 11.8 Å². The Labute approximate surface area is 149 Å². The fraction of sp³-hybridized carbons (Fsp3) is 0.211. The number of hydrogen-bond acceptors (Lipinski definition) is 4. The second-order valence-corrected chi connectivity index (χ2v) is 6.82. The minimum absolute atomic E-state index is 0.135. The number of carboxylic acids is 1. The number of nitrogens with zero attached hydrogens (tertiary/aromatic N) is 2. The average molecular weight is 352 g/mol. The molecular formula is C19H16N2O3S. The Morgan fingerprint density at radius 1 is 1.16 bits per heavy atom. The van der Waals surface area contributed by atoms with Crippen LogP contribution in [0.2, 0.25) is 0 Å². The zero-order valence-electron chi connectivity index (χ0n) is 13.3. The number of hydrogen-bond donors (Lipinski definition) is 1. The van der Waals surface area contributed by atoms with Crippen molar-refractivity contribution in [3.8, 4) is 6.07 Å². The van der Waals surface area contributed by atoms with Gasteiger partial charge in [0.2, 0.25) is 5.91 Å². The number of benzene rings is 2. The van der Waals surface area contributed by atoms with Gasteiger partial charge in [0.1, 0.15) is 11.4 Å². The first-order valence-corrected chi connectivity index (χ1v) is 8.85. The van der Waals surface area contributed by atoms with Gasteiger partial charge in [-0.3, -0.25) is 4.79 Å². The lowest BCUT2D eigenvalue weighted by atomic mass is 10.1. The molecule has 1 fully saturated rings. The van der Waals surface area contributed by atoms with Crippen LogP contribution in [0.1, 0.15) is 22.1 Å². The highest BCUT2D eigenvalue weighted by Gasteiger charge is 2.42. The van der Waals surface area contributed by atoms with Gasteiger partial charge < -0.3 is 10.0 Å². The summed E-state index contributed by atoms with van der Waals surface area (Å²) in [6.45, 7) is 0. The first-order chi connectivity index (χ1) is 12.1. The van der Waals surface area contributed by atoms with Crippen molar-refractivity contribution in [3.05, 3.63) is 71.3 Å². The van der Waals surface area contributed by atoms with Crippen LogP contribution in [0.4, 0.5) is 0 Å². The summed E-state index contributed by atoms with van der Waals surface area (Å²) in [6.07, 6.45) is 0.135. The van der Waals surface area contributed by atoms with E-state index in [2.05, 4.69) is 6.07 Å². The van der Waals surface area contributed by atoms with Crippen molar-refractivity contribution < 1.29 is 14.7 Å². The smallest absolute Gasteiger partial charge is 0.327 e. The van der Waals surface area contributed by atoms with Gasteiger partial charge in [0, 0.05) is 11.3 Å². The fourth-order valence-corrected chi connectivity index (χ4v) is 4.39. The Balaban J connectivity index is 1.94. The first kappa shape index (κ1) is 17.1. The normalized spacial score (nSPS) is 19.4. The zero-order valence-corrected chi connectivity index (χ0v) is 14.1. The van der Waals surface area contributed by atoms with Crippen molar-refractivity contribution in [2.24, 2.45) is 0 Å². The topological polar surface area (TPSA) is 81.4 Å². The van der Waals surface area contributed by atoms with Gasteiger partial charge in [-0.1, -0.05) is 48.5 Å². The number of carboxylic acid groups (broad SMARTS) is 1. The summed E-state index contributed by atoms with van der Waals surface area (Å²) in [5.41, 5.74) is 1.98. The highest BCUT2D eigenvalue weighted by Crippen LogP contribution is 2.42. The van der Waals surface area contributed by atoms with E-state index in [1.807, 2.05) is 30.3 Å². The average Bonchev–Trinajstić information content (AvgIpc) is 3.08. The van der Waals surface area contributed by atoms with Crippen LogP contribution in [-0.4, -0.2) is 33.7 Å². The lowest BCUT2D eigenvalue weighted by molar-refractivity contribution is -0.148. The standard InChI is InChI=1S/C19H16N2O3S/c20-11-14-8-4-5-9-15(14)18-21(16(12-25-18)19(23)24)17(22)10-13-6-2-1-3-7-13/h1-9,16,18H,10,12H2,(H,23,24)/t16-,18?/m0/s1. The van der Waals surface area contributed by atoms with Crippen LogP contribution in [0.5, 0.6) is 0 Å². The van der Waals surface area contributed by atoms with Crippen LogP contribution in [0.15, 0.2) is 54.6 Å². The van der Waals surface area contributed by atoms with Gasteiger partial charge in [-0.05, 0) is 11.6 Å². The lowest BCUT2D eigenvalue weighted by Crippen LogP contribution is -2.43. The number of aliphatic carboxylic acids is 1. The summed E-state index contributed by atoms with van der Waals surface area (Å²) in [5, 5.41) is 18.4. The van der Waals surface area contributed by atoms with Gasteiger partial charge >= 0.3 is 5.97 Å². The molecular weight excluding hydrogens is 336 g/mol. The van der Waals surface area contributed by atoms with Crippen molar-refractivity contribution in [2.45, 2.75) is 17.8 Å². The maximum Gasteiger partial charge on any atom is 0.327 e. The van der Waals surface area contributed by atoms with Crippen LogP contribution in [-0.2, 0) is 16.0 Å². The highest BCUT2D eigenvalue weighted by atomic mass is 32.2. The van der Waals surface area contributed by atoms with Crippen LogP contribution in [0.25, 0.3) is 0 Å². The first-order valence-electron chi connectivity index (χ1n) is 7.80. The summed E-state index contributed by atoms with van der Waals surface area (Å²) in [5.74, 6) is -0.965. The summed E-state index contributed by atoms with van der Waals surface area (Å²) >= 11 is 1.38. The molecule has 3 rings (SSSR count). The van der Waals surface area contributed by atoms with E-state index in [0.29, 0.717) is 16.9 Å². The second-order valence-electron chi connectivity index (χ2n) is 5.70. The Hall–Kier alpha value is -2.78. The van der Waals surface area contributed by atoms with E-state index in [-0.39, 0.29) is 12.3 Å². The Kier molecular flexibility index (Phi) is 5.05. The van der Waals surface area contributed by atoms with Crippen molar-refractivity contribution in [3.63, 3.8) is 0 Å². The zero-order chi connectivity index (χ0) is 17.8. The second kappa shape index (κ2) is 7.41. The Bertz CT molecular complexity index is 832. The number of nitriles is 1. The monoisotopic (exact) mass is 352 g/mol. The maximum atomic E-state index is 12.9. The number of rotatable bonds is 4. The van der Waals surface area contributed by atoms with E-state index in [1.54, 1.807) is 24.3 Å². The molecule has 6 heteroatoms. The Morgan fingerprint density at radius 3 is 2.52 bits per heavy atom. The van der Waals surface area contributed by atoms with Crippen molar-refractivity contribution in [2.75, 3.05) is 5.75 Å². The van der Waals surface area contributed by atoms with E-state index < -0.39 is 17.4 Å². The maximum absolute atomic E-state index is 12.9. The molecule has 2 aromatic carbocycles. The van der Waals surface area contributed by atoms with Gasteiger partial charge in [0.05, 0.1) is 18.1 Å². The highest BCUT2D eigenvalue weighted by molar-refractivity contribution is 7.99. The summed E-state index contributed by atoms with van der Waals surface area (Å²) in [4.78, 5) is 25.9. The molecule has 2 atom stereocenters. The SMILES string of the molecule is N#Cc1ccccc1C1SC[C@@H](C(=O)O)N1C(=O)Cc1ccccc1. The minimum Gasteiger partial charge on any atom is -0.480 e. The van der Waals surface area contributed by atoms with Gasteiger partial charge in [-0.15, -0.1) is 11.8 Å². The third-order valence-electron chi connectivity index (χ3n) is 4.12. The third-order valence-corrected chi connectivity index (χ3v) is 5.42. The molecule has 2 aromatic rings. The van der Waals surface area contributed by atoms with E-state index >= 15 is 0 Å². The molecule has 0 bridgehead atoms. The molecule has 0 radical (unpaired) electrons. The van der Waals surface area contributed by atoms with Gasteiger partial charge in [-0.2, -0.15) is 5.26 Å². The van der Waals surface area contributed by atoms with Gasteiger partial charge in [0.25, 0.3) is 0 Å². The molecule has 0 spiro atoms. The number of amides is 1. The molecule has 1 amide bonds. The van der Waals surface area contributed by atoms with E-state index in [4.69, 9.17) is 0 Å². The van der Waals surface area contributed by atoms with Crippen molar-refractivity contribution in [1.29, 1.82) is 5.26 Å². The molecule has 0 aromatic heterocycles. The van der Waals surface area contributed by atoms with Gasteiger partial charge in [0.15, 0.2) is 0 Å². The molecule has 1 saturated heterocycles. The minimum atomic E-state index is -1.02. The van der Waals surface area contributed by atoms with Crippen LogP contribution in [0, 0.1) is 11.3 Å². The fourth-order valence-electron chi connectivity index (χ4n) is 2.92. The predicted molar refractivity (Wildman–Crippen MR) is 94.8 cm³/mol. The molecule has 126 valence electrons. The van der Waals surface area contributed by atoms with Gasteiger partial charge in [-0.25, -0.2) is 4.79 Å². The Morgan fingerprint density at radius 2 is 1.84 bits per heavy atom. The summed E-state index contributed by atoms with van der Waals surface area (Å²) in [7, 11) is 0. The molecule has 0 saturated carbocycles. The molecule has 1 heterocycles. The molecule has 1 N–H and O–H groups in total. The third kappa shape index (κ3) is 3.52. The van der Waals surface area contributed by atoms with Crippen molar-refractivity contribution >= 4 is 23.6 Å². The van der Waals surface area contributed by atoms with E-state index in [0.717, 1.165) is 5.56 Å². The largest absolute Gasteiger partial charge is 0.480 e. The number of carbonyl (C=O) groups is 2. The quantitative estimate of drug-likeness (QED) is 0.915. The molecule has 25 heavy (non-hydrogen) atoms. The molecule has 1 aliphatic rings. The molecule has 1 aliphatic heterocycles. The lowest BCUT2D eigenvalue weighted by Gasteiger charge is -2.28. The summed E-state index contributed by atoms with van der Waals surface area (Å²) < 4.78 is 0. The van der Waals surface area contributed by atoms with Crippen LogP contribution in [0.3, 0.4) is 0 Å². The van der Waals surface area contributed by atoms with Crippen LogP contribution < -0.4 is 0 Å². The molecule has 5 nitrogen and oxygen atoms in total. The van der Waals surface area contributed by atoms with E-state index in [9.17, 15) is 20.0 Å². The van der Waals surface area contributed by atoms with E-state index in [1.165, 1.54) is 16.7 Å². The van der Waals surface area contributed by atoms with Crippen molar-refractivity contribution in [1.82, 2.24) is 4.90 Å². The summed E-state index contributed by atoms with van der Waals surface area (Å²) in [6, 6.07) is 17.5.